The quantitative estimate of drug-likeness (QED) is 0.0825. The summed E-state index contributed by atoms with van der Waals surface area (Å²) in [6.45, 7) is 3.26. The zero-order valence-electron chi connectivity index (χ0n) is 25.5. The minimum absolute atomic E-state index is 0.0888. The maximum Gasteiger partial charge on any atom is 0.303 e. The number of nitrogens with one attached hydrogen (secondary N) is 6. The van der Waals surface area contributed by atoms with Crippen molar-refractivity contribution in [3.8, 4) is 0 Å². The van der Waals surface area contributed by atoms with Crippen LogP contribution in [0.5, 0.6) is 0 Å². The molecule has 0 aromatic carbocycles. The maximum atomic E-state index is 14.3. The summed E-state index contributed by atoms with van der Waals surface area (Å²) in [5.41, 5.74) is 0.579. The molecular weight excluding hydrogens is 620 g/mol. The van der Waals surface area contributed by atoms with Crippen LogP contribution in [0.2, 0.25) is 0 Å². The first-order valence-corrected chi connectivity index (χ1v) is 14.6. The SMILES string of the molecule is CC[C@H](C)[C@H](NC(=O)CCC(=O)O)C(=O)N[C@@H](CC(=O)NCc1nn[nH]n1)C(=O)N1c2ncccc2C[C@H]1C(=O)NCc1nn[nH]n1. The van der Waals surface area contributed by atoms with Gasteiger partial charge in [-0.05, 0) is 17.5 Å². The van der Waals surface area contributed by atoms with E-state index in [0.29, 0.717) is 12.0 Å². The van der Waals surface area contributed by atoms with Crippen molar-refractivity contribution in [1.29, 1.82) is 0 Å². The molecule has 0 spiro atoms. The zero-order chi connectivity index (χ0) is 33.9. The van der Waals surface area contributed by atoms with E-state index in [2.05, 4.69) is 67.5 Å². The van der Waals surface area contributed by atoms with Gasteiger partial charge < -0.3 is 26.4 Å². The van der Waals surface area contributed by atoms with Gasteiger partial charge in [-0.3, -0.25) is 33.7 Å². The number of carboxylic acid groups (broad SMARTS) is 1. The Morgan fingerprint density at radius 2 is 1.66 bits per heavy atom. The first kappa shape index (κ1) is 34.0. The van der Waals surface area contributed by atoms with Gasteiger partial charge >= 0.3 is 5.97 Å². The van der Waals surface area contributed by atoms with Crippen molar-refractivity contribution in [2.24, 2.45) is 5.92 Å². The molecule has 0 saturated heterocycles. The molecular formula is C26H34N14O7. The second-order valence-corrected chi connectivity index (χ2v) is 10.7. The fourth-order valence-corrected chi connectivity index (χ4v) is 4.75. The monoisotopic (exact) mass is 654 g/mol. The number of amides is 5. The predicted molar refractivity (Wildman–Crippen MR) is 156 cm³/mol. The number of H-pyrrole nitrogens is 2. The van der Waals surface area contributed by atoms with Gasteiger partial charge in [0.15, 0.2) is 11.6 Å². The van der Waals surface area contributed by atoms with Gasteiger partial charge in [0.2, 0.25) is 23.6 Å². The molecule has 3 aromatic rings. The molecule has 0 fully saturated rings. The van der Waals surface area contributed by atoms with Gasteiger partial charge in [0.1, 0.15) is 23.9 Å². The molecule has 0 aliphatic carbocycles. The average molecular weight is 655 g/mol. The summed E-state index contributed by atoms with van der Waals surface area (Å²) in [6.07, 6.45) is 0.584. The van der Waals surface area contributed by atoms with Crippen LogP contribution >= 0.6 is 0 Å². The van der Waals surface area contributed by atoms with Gasteiger partial charge in [-0.1, -0.05) is 36.8 Å². The highest BCUT2D eigenvalue weighted by Gasteiger charge is 2.43. The van der Waals surface area contributed by atoms with E-state index in [9.17, 15) is 28.8 Å². The van der Waals surface area contributed by atoms with Crippen molar-refractivity contribution in [2.45, 2.75) is 77.2 Å². The number of pyridine rings is 1. The molecule has 21 heteroatoms. The zero-order valence-corrected chi connectivity index (χ0v) is 25.5. The number of nitrogens with zero attached hydrogens (tertiary/aromatic N) is 8. The van der Waals surface area contributed by atoms with Gasteiger partial charge in [0.25, 0.3) is 5.91 Å². The predicted octanol–water partition coefficient (Wildman–Crippen LogP) is -2.73. The Labute approximate surface area is 266 Å². The van der Waals surface area contributed by atoms with Crippen LogP contribution in [-0.2, 0) is 48.3 Å². The molecule has 1 aliphatic heterocycles. The van der Waals surface area contributed by atoms with Crippen LogP contribution in [-0.4, -0.2) is 105 Å². The van der Waals surface area contributed by atoms with Crippen LogP contribution in [0.3, 0.4) is 0 Å². The van der Waals surface area contributed by atoms with Crippen LogP contribution < -0.4 is 26.2 Å². The first-order valence-electron chi connectivity index (χ1n) is 14.6. The Bertz CT molecular complexity index is 1570. The Balaban J connectivity index is 1.59. The molecule has 0 unspecified atom stereocenters. The summed E-state index contributed by atoms with van der Waals surface area (Å²) in [5.74, 6) is -4.60. The molecule has 1 aliphatic rings. The molecule has 0 saturated carbocycles. The number of carbonyl (C=O) groups excluding carboxylic acids is 5. The second kappa shape index (κ2) is 15.9. The third kappa shape index (κ3) is 9.08. The number of aromatic nitrogens is 9. The van der Waals surface area contributed by atoms with Crippen molar-refractivity contribution >= 4 is 41.3 Å². The number of tetrazole rings is 2. The van der Waals surface area contributed by atoms with Crippen molar-refractivity contribution in [1.82, 2.24) is 67.5 Å². The van der Waals surface area contributed by atoms with E-state index in [4.69, 9.17) is 5.11 Å². The molecule has 47 heavy (non-hydrogen) atoms. The number of anilines is 1. The lowest BCUT2D eigenvalue weighted by Crippen LogP contribution is -2.59. The summed E-state index contributed by atoms with van der Waals surface area (Å²) < 4.78 is 0. The Morgan fingerprint density at radius 1 is 0.979 bits per heavy atom. The molecule has 0 bridgehead atoms. The highest BCUT2D eigenvalue weighted by Crippen LogP contribution is 2.31. The van der Waals surface area contributed by atoms with Crippen LogP contribution in [0.15, 0.2) is 18.3 Å². The van der Waals surface area contributed by atoms with Crippen LogP contribution in [0.1, 0.15) is 56.7 Å². The normalized spacial score (nSPS) is 15.5. The third-order valence-electron chi connectivity index (χ3n) is 7.39. The van der Waals surface area contributed by atoms with E-state index in [1.54, 1.807) is 26.0 Å². The number of fused-ring (bicyclic) bond motifs is 1. The summed E-state index contributed by atoms with van der Waals surface area (Å²) in [5, 5.41) is 45.8. The molecule has 7 N–H and O–H groups in total. The molecule has 0 radical (unpaired) electrons. The Hall–Kier alpha value is -5.89. The smallest absolute Gasteiger partial charge is 0.303 e. The lowest BCUT2D eigenvalue weighted by Gasteiger charge is -2.30. The molecule has 4 rings (SSSR count). The minimum atomic E-state index is -1.53. The van der Waals surface area contributed by atoms with Gasteiger partial charge in [-0.25, -0.2) is 4.98 Å². The van der Waals surface area contributed by atoms with E-state index >= 15 is 0 Å². The van der Waals surface area contributed by atoms with Crippen LogP contribution in [0.4, 0.5) is 5.82 Å². The van der Waals surface area contributed by atoms with E-state index in [1.807, 2.05) is 0 Å². The number of carbonyl (C=O) groups is 6. The number of hydrogen-bond donors (Lipinski definition) is 7. The van der Waals surface area contributed by atoms with Crippen molar-refractivity contribution in [3.63, 3.8) is 0 Å². The van der Waals surface area contributed by atoms with Crippen molar-refractivity contribution in [2.75, 3.05) is 4.90 Å². The maximum absolute atomic E-state index is 14.3. The first-order chi connectivity index (χ1) is 22.6. The van der Waals surface area contributed by atoms with E-state index < -0.39 is 72.4 Å². The number of hydrogen-bond acceptors (Lipinski definition) is 13. The van der Waals surface area contributed by atoms with Crippen LogP contribution in [0.25, 0.3) is 0 Å². The topological polar surface area (TPSA) is 296 Å². The fraction of sp³-hybridized carbons (Fsp3) is 0.500. The second-order valence-electron chi connectivity index (χ2n) is 10.7. The van der Waals surface area contributed by atoms with Gasteiger partial charge in [0.05, 0.1) is 25.9 Å². The molecule has 5 amide bonds. The van der Waals surface area contributed by atoms with Gasteiger partial charge in [-0.15, -0.1) is 20.4 Å². The molecule has 4 heterocycles. The average Bonchev–Trinajstić information content (AvgIpc) is 3.85. The highest BCUT2D eigenvalue weighted by atomic mass is 16.4. The minimum Gasteiger partial charge on any atom is -0.481 e. The van der Waals surface area contributed by atoms with E-state index in [-0.39, 0.29) is 43.4 Å². The molecule has 3 aromatic heterocycles. The lowest BCUT2D eigenvalue weighted by atomic mass is 9.97. The molecule has 4 atom stereocenters. The molecule has 21 nitrogen and oxygen atoms in total. The van der Waals surface area contributed by atoms with Crippen LogP contribution in [0, 0.1) is 5.92 Å². The Morgan fingerprint density at radius 3 is 2.28 bits per heavy atom. The third-order valence-corrected chi connectivity index (χ3v) is 7.39. The summed E-state index contributed by atoms with van der Waals surface area (Å²) in [4.78, 5) is 83.3. The van der Waals surface area contributed by atoms with Crippen molar-refractivity contribution < 1.29 is 33.9 Å². The summed E-state index contributed by atoms with van der Waals surface area (Å²) >= 11 is 0. The Kier molecular flexibility index (Phi) is 11.5. The standard InChI is InChI=1S/C26H34N14O7/c1-3-13(2)22(31-19(41)6-7-21(43)44)25(46)30-15(10-20(42)28-11-17-32-36-37-33-17)26(47)40-16(9-14-5-4-8-27-23(14)40)24(45)29-12-18-34-38-39-35-18/h4-5,8,13,15-16,22H,3,6-7,9-12H2,1-2H3,(H,28,42)(H,29,45)(H,30,46)(H,31,41)(H,43,44)(H,32,33,36,37)(H,34,35,38,39)/t13-,15-,16-,22-/m0/s1. The van der Waals surface area contributed by atoms with Gasteiger partial charge in [0, 0.05) is 19.0 Å². The number of aliphatic carboxylic acids is 1. The summed E-state index contributed by atoms with van der Waals surface area (Å²) in [7, 11) is 0. The van der Waals surface area contributed by atoms with Crippen molar-refractivity contribution in [3.05, 3.63) is 35.5 Å². The lowest BCUT2D eigenvalue weighted by molar-refractivity contribution is -0.139. The number of aromatic amines is 2. The van der Waals surface area contributed by atoms with E-state index in [0.717, 1.165) is 4.90 Å². The largest absolute Gasteiger partial charge is 0.481 e. The highest BCUT2D eigenvalue weighted by molar-refractivity contribution is 6.07. The number of carboxylic acids is 1. The number of rotatable bonds is 16. The fourth-order valence-electron chi connectivity index (χ4n) is 4.75. The van der Waals surface area contributed by atoms with E-state index in [1.165, 1.54) is 6.20 Å². The molecule has 250 valence electrons. The summed E-state index contributed by atoms with van der Waals surface area (Å²) in [6, 6.07) is -0.462. The van der Waals surface area contributed by atoms with Gasteiger partial charge in [-0.2, -0.15) is 10.4 Å².